The monoisotopic (exact) mass is 341 g/mol. The Balaban J connectivity index is 1.67. The number of nitrogens with zero attached hydrogens (tertiary/aromatic N) is 2. The van der Waals surface area contributed by atoms with Crippen molar-refractivity contribution in [2.24, 2.45) is 13.0 Å². The molecule has 1 aliphatic rings. The van der Waals surface area contributed by atoms with Gasteiger partial charge in [0.1, 0.15) is 5.69 Å². The number of nitrogens with one attached hydrogen (secondary N) is 1. The van der Waals surface area contributed by atoms with Crippen molar-refractivity contribution in [3.63, 3.8) is 0 Å². The number of aliphatic hydroxyl groups is 1. The van der Waals surface area contributed by atoms with Crippen LogP contribution in [0.5, 0.6) is 0 Å². The van der Waals surface area contributed by atoms with Gasteiger partial charge in [0.05, 0.1) is 0 Å². The summed E-state index contributed by atoms with van der Waals surface area (Å²) in [5.74, 6) is 0.0398. The Morgan fingerprint density at radius 2 is 2.00 bits per heavy atom. The van der Waals surface area contributed by atoms with E-state index in [-0.39, 0.29) is 24.5 Å². The van der Waals surface area contributed by atoms with Crippen molar-refractivity contribution in [1.29, 1.82) is 0 Å². The minimum absolute atomic E-state index is 0.0369. The number of benzene rings is 1. The van der Waals surface area contributed by atoms with Gasteiger partial charge in [-0.05, 0) is 37.6 Å². The molecule has 1 aliphatic heterocycles. The maximum Gasteiger partial charge on any atom is 0.268 e. The van der Waals surface area contributed by atoms with Crippen LogP contribution in [0.25, 0.3) is 0 Å². The third-order valence-electron chi connectivity index (χ3n) is 5.25. The highest BCUT2D eigenvalue weighted by molar-refractivity contribution is 5.93. The molecule has 0 spiro atoms. The molecule has 0 aliphatic carbocycles. The molecule has 0 bridgehead atoms. The van der Waals surface area contributed by atoms with Crippen molar-refractivity contribution in [3.05, 3.63) is 59.4 Å². The largest absolute Gasteiger partial charge is 0.396 e. The zero-order valence-corrected chi connectivity index (χ0v) is 15.0. The first-order valence-electron chi connectivity index (χ1n) is 8.89. The Bertz CT molecular complexity index is 711. The van der Waals surface area contributed by atoms with E-state index in [1.807, 2.05) is 48.9 Å². The van der Waals surface area contributed by atoms with Crippen LogP contribution in [0.1, 0.15) is 28.2 Å². The van der Waals surface area contributed by atoms with Gasteiger partial charge in [-0.2, -0.15) is 0 Å². The Morgan fingerprint density at radius 3 is 2.64 bits per heavy atom. The lowest BCUT2D eigenvalue weighted by Crippen LogP contribution is -2.53. The third-order valence-corrected chi connectivity index (χ3v) is 5.25. The second-order valence-electron chi connectivity index (χ2n) is 6.95. The molecule has 134 valence electrons. The van der Waals surface area contributed by atoms with Crippen LogP contribution in [-0.2, 0) is 13.6 Å². The quantitative estimate of drug-likeness (QED) is 0.874. The summed E-state index contributed by atoms with van der Waals surface area (Å²) in [6, 6.07) is 14.1. The molecule has 2 heterocycles. The lowest BCUT2D eigenvalue weighted by atomic mass is 9.91. The summed E-state index contributed by atoms with van der Waals surface area (Å²) in [6.07, 6.45) is 0.889. The number of aromatic nitrogens is 1. The van der Waals surface area contributed by atoms with Crippen molar-refractivity contribution >= 4 is 5.91 Å². The Hall–Kier alpha value is -2.11. The number of rotatable bonds is 5. The standard InChI is InChI=1S/C20H27N3O2/c1-15-8-9-19(22(15)2)20(25)21-18-13-23(11-10-17(18)14-24)12-16-6-4-3-5-7-16/h3-9,17-18,24H,10-14H2,1-2H3,(H,21,25)/t17-,18+/m1/s1. The zero-order chi connectivity index (χ0) is 17.8. The fraction of sp³-hybridized carbons (Fsp3) is 0.450. The van der Waals surface area contributed by atoms with Crippen LogP contribution in [0.4, 0.5) is 0 Å². The number of piperidine rings is 1. The molecule has 1 aromatic heterocycles. The van der Waals surface area contributed by atoms with Gasteiger partial charge in [0, 0.05) is 44.4 Å². The molecular weight excluding hydrogens is 314 g/mol. The van der Waals surface area contributed by atoms with Gasteiger partial charge in [0.25, 0.3) is 5.91 Å². The van der Waals surface area contributed by atoms with Gasteiger partial charge in [-0.3, -0.25) is 9.69 Å². The van der Waals surface area contributed by atoms with Crippen molar-refractivity contribution in [1.82, 2.24) is 14.8 Å². The molecule has 0 saturated carbocycles. The van der Waals surface area contributed by atoms with Crippen LogP contribution in [0, 0.1) is 12.8 Å². The molecule has 2 atom stereocenters. The van der Waals surface area contributed by atoms with E-state index in [2.05, 4.69) is 22.3 Å². The van der Waals surface area contributed by atoms with Crippen LogP contribution in [0.3, 0.4) is 0 Å². The van der Waals surface area contributed by atoms with E-state index >= 15 is 0 Å². The number of aliphatic hydroxyl groups excluding tert-OH is 1. The first kappa shape index (κ1) is 17.7. The number of likely N-dealkylation sites (tertiary alicyclic amines) is 1. The topological polar surface area (TPSA) is 57.5 Å². The molecule has 1 amide bonds. The van der Waals surface area contributed by atoms with Crippen molar-refractivity contribution in [2.75, 3.05) is 19.7 Å². The fourth-order valence-electron chi connectivity index (χ4n) is 3.52. The van der Waals surface area contributed by atoms with E-state index in [0.717, 1.165) is 31.7 Å². The number of carbonyl (C=O) groups excluding carboxylic acids is 1. The molecule has 1 saturated heterocycles. The van der Waals surface area contributed by atoms with Crippen molar-refractivity contribution in [2.45, 2.75) is 25.9 Å². The molecular formula is C20H27N3O2. The minimum Gasteiger partial charge on any atom is -0.396 e. The minimum atomic E-state index is -0.0689. The number of hydrogen-bond acceptors (Lipinski definition) is 3. The van der Waals surface area contributed by atoms with Crippen LogP contribution < -0.4 is 5.32 Å². The van der Waals surface area contributed by atoms with E-state index < -0.39 is 0 Å². The highest BCUT2D eigenvalue weighted by Crippen LogP contribution is 2.20. The predicted octanol–water partition coefficient (Wildman–Crippen LogP) is 1.95. The van der Waals surface area contributed by atoms with Gasteiger partial charge in [-0.25, -0.2) is 0 Å². The fourth-order valence-corrected chi connectivity index (χ4v) is 3.52. The molecule has 1 fully saturated rings. The first-order valence-corrected chi connectivity index (χ1v) is 8.89. The average molecular weight is 341 g/mol. The molecule has 25 heavy (non-hydrogen) atoms. The molecule has 0 unspecified atom stereocenters. The maximum atomic E-state index is 12.6. The van der Waals surface area contributed by atoms with E-state index in [1.165, 1.54) is 5.56 Å². The number of carbonyl (C=O) groups is 1. The molecule has 2 aromatic rings. The van der Waals surface area contributed by atoms with E-state index in [0.29, 0.717) is 5.69 Å². The molecule has 5 heteroatoms. The zero-order valence-electron chi connectivity index (χ0n) is 15.0. The Labute approximate surface area is 149 Å². The number of amides is 1. The summed E-state index contributed by atoms with van der Waals surface area (Å²) in [4.78, 5) is 15.0. The Morgan fingerprint density at radius 1 is 1.24 bits per heavy atom. The van der Waals surface area contributed by atoms with E-state index in [1.54, 1.807) is 0 Å². The second kappa shape index (κ2) is 7.85. The molecule has 3 rings (SSSR count). The molecule has 2 N–H and O–H groups in total. The predicted molar refractivity (Wildman–Crippen MR) is 98.3 cm³/mol. The number of aryl methyl sites for hydroxylation is 1. The van der Waals surface area contributed by atoms with Gasteiger partial charge in [0.15, 0.2) is 0 Å². The Kier molecular flexibility index (Phi) is 5.56. The van der Waals surface area contributed by atoms with Crippen LogP contribution >= 0.6 is 0 Å². The summed E-state index contributed by atoms with van der Waals surface area (Å²) in [6.45, 7) is 4.66. The molecule has 5 nitrogen and oxygen atoms in total. The van der Waals surface area contributed by atoms with Gasteiger partial charge in [-0.1, -0.05) is 30.3 Å². The van der Waals surface area contributed by atoms with E-state index in [9.17, 15) is 9.90 Å². The third kappa shape index (κ3) is 4.11. The van der Waals surface area contributed by atoms with Gasteiger partial charge in [0.2, 0.25) is 0 Å². The smallest absolute Gasteiger partial charge is 0.268 e. The lowest BCUT2D eigenvalue weighted by molar-refractivity contribution is 0.0724. The first-order chi connectivity index (χ1) is 12.1. The summed E-state index contributed by atoms with van der Waals surface area (Å²) in [5.41, 5.74) is 2.99. The maximum absolute atomic E-state index is 12.6. The van der Waals surface area contributed by atoms with Gasteiger partial charge < -0.3 is 15.0 Å². The van der Waals surface area contributed by atoms with Crippen LogP contribution in [-0.4, -0.2) is 46.2 Å². The van der Waals surface area contributed by atoms with Gasteiger partial charge >= 0.3 is 0 Å². The SMILES string of the molecule is Cc1ccc(C(=O)N[C@H]2CN(Cc3ccccc3)CC[C@@H]2CO)n1C. The van der Waals surface area contributed by atoms with Crippen molar-refractivity contribution in [3.8, 4) is 0 Å². The number of hydrogen-bond donors (Lipinski definition) is 2. The highest BCUT2D eigenvalue weighted by Gasteiger charge is 2.30. The summed E-state index contributed by atoms with van der Waals surface area (Å²) >= 11 is 0. The van der Waals surface area contributed by atoms with Crippen LogP contribution in [0.2, 0.25) is 0 Å². The molecule has 0 radical (unpaired) electrons. The van der Waals surface area contributed by atoms with Gasteiger partial charge in [-0.15, -0.1) is 0 Å². The second-order valence-corrected chi connectivity index (χ2v) is 6.95. The lowest BCUT2D eigenvalue weighted by Gasteiger charge is -2.38. The summed E-state index contributed by atoms with van der Waals surface area (Å²) in [5, 5.41) is 12.8. The molecule has 1 aromatic carbocycles. The van der Waals surface area contributed by atoms with Crippen molar-refractivity contribution < 1.29 is 9.90 Å². The highest BCUT2D eigenvalue weighted by atomic mass is 16.3. The van der Waals surface area contributed by atoms with Crippen LogP contribution in [0.15, 0.2) is 42.5 Å². The normalized spacial score (nSPS) is 21.2. The van der Waals surface area contributed by atoms with E-state index in [4.69, 9.17) is 0 Å². The summed E-state index contributed by atoms with van der Waals surface area (Å²) < 4.78 is 1.90. The average Bonchev–Trinajstić information content (AvgIpc) is 2.95. The summed E-state index contributed by atoms with van der Waals surface area (Å²) in [7, 11) is 1.90.